The summed E-state index contributed by atoms with van der Waals surface area (Å²) in [6.45, 7) is 0. The van der Waals surface area contributed by atoms with Crippen molar-refractivity contribution in [2.75, 3.05) is 12.4 Å². The lowest BCUT2D eigenvalue weighted by Gasteiger charge is -2.11. The summed E-state index contributed by atoms with van der Waals surface area (Å²) in [5, 5.41) is 14.4. The lowest BCUT2D eigenvalue weighted by Crippen LogP contribution is -2.13. The molecule has 3 aromatic carbocycles. The molecule has 8 nitrogen and oxygen atoms in total. The van der Waals surface area contributed by atoms with Gasteiger partial charge < -0.3 is 8.92 Å². The van der Waals surface area contributed by atoms with E-state index in [1.165, 1.54) is 54.9 Å². The standard InChI is InChI=1S/C26H19N3O5S2/c1-33-24-15-18(12-13-23(24)34-36(31,32)21-10-6-3-7-11-21)14-20(16-27)25(30)29-26-28-22(17-35-26)19-8-4-2-5-9-19/h2-15,17H,1H3,(H,28,29,30)/b20-14-. The van der Waals surface area contributed by atoms with E-state index in [1.807, 2.05) is 41.8 Å². The van der Waals surface area contributed by atoms with Crippen LogP contribution in [-0.4, -0.2) is 26.4 Å². The normalized spacial score (nSPS) is 11.4. The number of nitrogens with one attached hydrogen (secondary N) is 1. The Balaban J connectivity index is 1.52. The number of nitrogens with zero attached hydrogens (tertiary/aromatic N) is 2. The maximum atomic E-state index is 12.7. The number of benzene rings is 3. The molecule has 0 atom stereocenters. The molecule has 0 spiro atoms. The molecule has 0 aliphatic heterocycles. The molecule has 1 heterocycles. The zero-order chi connectivity index (χ0) is 25.5. The molecule has 0 unspecified atom stereocenters. The molecular weight excluding hydrogens is 498 g/mol. The molecule has 0 saturated carbocycles. The number of aromatic nitrogens is 1. The van der Waals surface area contributed by atoms with Gasteiger partial charge in [0, 0.05) is 10.9 Å². The maximum Gasteiger partial charge on any atom is 0.339 e. The van der Waals surface area contributed by atoms with Crippen LogP contribution < -0.4 is 14.2 Å². The fraction of sp³-hybridized carbons (Fsp3) is 0.0385. The van der Waals surface area contributed by atoms with Crippen molar-refractivity contribution in [3.63, 3.8) is 0 Å². The third kappa shape index (κ3) is 5.78. The Kier molecular flexibility index (Phi) is 7.44. The molecule has 0 bridgehead atoms. The van der Waals surface area contributed by atoms with Gasteiger partial charge in [0.1, 0.15) is 16.5 Å². The molecule has 0 saturated heterocycles. The van der Waals surface area contributed by atoms with Gasteiger partial charge in [-0.05, 0) is 35.9 Å². The van der Waals surface area contributed by atoms with Gasteiger partial charge in [0.05, 0.1) is 12.8 Å². The van der Waals surface area contributed by atoms with Gasteiger partial charge in [-0.1, -0.05) is 54.6 Å². The molecule has 0 radical (unpaired) electrons. The van der Waals surface area contributed by atoms with E-state index < -0.39 is 16.0 Å². The number of anilines is 1. The Morgan fingerprint density at radius 2 is 1.72 bits per heavy atom. The molecule has 4 aromatic rings. The van der Waals surface area contributed by atoms with Crippen molar-refractivity contribution in [1.82, 2.24) is 4.98 Å². The molecule has 0 aliphatic carbocycles. The minimum atomic E-state index is -4.07. The first kappa shape index (κ1) is 24.7. The third-order valence-corrected chi connectivity index (χ3v) is 6.90. The number of methoxy groups -OCH3 is 1. The van der Waals surface area contributed by atoms with Gasteiger partial charge in [-0.3, -0.25) is 10.1 Å². The monoisotopic (exact) mass is 517 g/mol. The number of carbonyl (C=O) groups excluding carboxylic acids is 1. The van der Waals surface area contributed by atoms with Crippen molar-refractivity contribution >= 4 is 38.6 Å². The molecule has 4 rings (SSSR count). The van der Waals surface area contributed by atoms with Crippen molar-refractivity contribution in [2.45, 2.75) is 4.90 Å². The average molecular weight is 518 g/mol. The Morgan fingerprint density at radius 1 is 1.03 bits per heavy atom. The molecule has 0 aliphatic rings. The zero-order valence-corrected chi connectivity index (χ0v) is 20.5. The first-order valence-electron chi connectivity index (χ1n) is 10.5. The molecule has 1 aromatic heterocycles. The van der Waals surface area contributed by atoms with Gasteiger partial charge in [-0.15, -0.1) is 11.3 Å². The van der Waals surface area contributed by atoms with Crippen molar-refractivity contribution in [2.24, 2.45) is 0 Å². The lowest BCUT2D eigenvalue weighted by atomic mass is 10.1. The van der Waals surface area contributed by atoms with Crippen molar-refractivity contribution in [3.05, 3.63) is 95.4 Å². The summed E-state index contributed by atoms with van der Waals surface area (Å²) in [7, 11) is -2.71. The predicted octanol–water partition coefficient (Wildman–Crippen LogP) is 5.13. The van der Waals surface area contributed by atoms with Crippen LogP contribution in [0.15, 0.2) is 94.7 Å². The average Bonchev–Trinajstić information content (AvgIpc) is 3.37. The minimum absolute atomic E-state index is 0.00271. The van der Waals surface area contributed by atoms with Crippen molar-refractivity contribution in [3.8, 4) is 28.8 Å². The van der Waals surface area contributed by atoms with Gasteiger partial charge in [-0.2, -0.15) is 13.7 Å². The number of ether oxygens (including phenoxy) is 1. The topological polar surface area (TPSA) is 118 Å². The molecule has 0 fully saturated rings. The Bertz CT molecular complexity index is 1560. The first-order valence-corrected chi connectivity index (χ1v) is 12.8. The van der Waals surface area contributed by atoms with Crippen LogP contribution in [0.4, 0.5) is 5.13 Å². The third-order valence-electron chi connectivity index (χ3n) is 4.89. The van der Waals surface area contributed by atoms with Crippen molar-refractivity contribution in [1.29, 1.82) is 5.26 Å². The predicted molar refractivity (Wildman–Crippen MR) is 137 cm³/mol. The summed E-state index contributed by atoms with van der Waals surface area (Å²) in [6, 6.07) is 23.5. The molecule has 1 N–H and O–H groups in total. The van der Waals surface area contributed by atoms with Gasteiger partial charge in [-0.25, -0.2) is 4.98 Å². The summed E-state index contributed by atoms with van der Waals surface area (Å²) < 4.78 is 35.6. The number of amides is 1. The number of hydrogen-bond acceptors (Lipinski definition) is 8. The largest absolute Gasteiger partial charge is 0.493 e. The molecule has 180 valence electrons. The lowest BCUT2D eigenvalue weighted by molar-refractivity contribution is -0.112. The summed E-state index contributed by atoms with van der Waals surface area (Å²) in [4.78, 5) is 17.1. The number of nitriles is 1. The summed E-state index contributed by atoms with van der Waals surface area (Å²) >= 11 is 1.25. The van der Waals surface area contributed by atoms with Crippen LogP contribution in [0.3, 0.4) is 0 Å². The van der Waals surface area contributed by atoms with E-state index in [0.29, 0.717) is 16.4 Å². The van der Waals surface area contributed by atoms with Gasteiger partial charge in [0.25, 0.3) is 5.91 Å². The summed E-state index contributed by atoms with van der Waals surface area (Å²) in [6.07, 6.45) is 1.36. The Morgan fingerprint density at radius 3 is 2.39 bits per heavy atom. The highest BCUT2D eigenvalue weighted by molar-refractivity contribution is 7.87. The second kappa shape index (κ2) is 10.9. The smallest absolute Gasteiger partial charge is 0.339 e. The highest BCUT2D eigenvalue weighted by Crippen LogP contribution is 2.32. The molecule has 1 amide bonds. The van der Waals surface area contributed by atoms with E-state index in [4.69, 9.17) is 8.92 Å². The Hall–Kier alpha value is -4.46. The molecule has 10 heteroatoms. The van der Waals surface area contributed by atoms with Crippen LogP contribution in [-0.2, 0) is 14.9 Å². The fourth-order valence-electron chi connectivity index (χ4n) is 3.15. The maximum absolute atomic E-state index is 12.7. The Labute approximate surface area is 212 Å². The van der Waals surface area contributed by atoms with Crippen LogP contribution in [0.5, 0.6) is 11.5 Å². The van der Waals surface area contributed by atoms with Gasteiger partial charge in [0.15, 0.2) is 16.6 Å². The summed E-state index contributed by atoms with van der Waals surface area (Å²) in [5.41, 5.74) is 1.89. The van der Waals surface area contributed by atoms with Crippen LogP contribution in [0.25, 0.3) is 17.3 Å². The number of hydrogen-bond donors (Lipinski definition) is 1. The zero-order valence-electron chi connectivity index (χ0n) is 18.9. The van der Waals surface area contributed by atoms with Crippen LogP contribution in [0, 0.1) is 11.3 Å². The van der Waals surface area contributed by atoms with Gasteiger partial charge >= 0.3 is 10.1 Å². The SMILES string of the molecule is COc1cc(/C=C(/C#N)C(=O)Nc2nc(-c3ccccc3)cs2)ccc1OS(=O)(=O)c1ccccc1. The van der Waals surface area contributed by atoms with Gasteiger partial charge in [0.2, 0.25) is 0 Å². The van der Waals surface area contributed by atoms with Crippen LogP contribution in [0.2, 0.25) is 0 Å². The minimum Gasteiger partial charge on any atom is -0.493 e. The van der Waals surface area contributed by atoms with E-state index in [9.17, 15) is 18.5 Å². The van der Waals surface area contributed by atoms with E-state index >= 15 is 0 Å². The van der Waals surface area contributed by atoms with E-state index in [1.54, 1.807) is 18.2 Å². The van der Waals surface area contributed by atoms with Crippen molar-refractivity contribution < 1.29 is 22.1 Å². The number of carbonyl (C=O) groups is 1. The fourth-order valence-corrected chi connectivity index (χ4v) is 4.82. The quantitative estimate of drug-likeness (QED) is 0.195. The molecular formula is C26H19N3O5S2. The highest BCUT2D eigenvalue weighted by Gasteiger charge is 2.19. The van der Waals surface area contributed by atoms with E-state index in [2.05, 4.69) is 10.3 Å². The van der Waals surface area contributed by atoms with E-state index in [-0.39, 0.29) is 22.0 Å². The second-order valence-electron chi connectivity index (χ2n) is 7.29. The van der Waals surface area contributed by atoms with Crippen LogP contribution >= 0.6 is 11.3 Å². The second-order valence-corrected chi connectivity index (χ2v) is 9.69. The van der Waals surface area contributed by atoms with E-state index in [0.717, 1.165) is 5.56 Å². The number of thiazole rings is 1. The summed E-state index contributed by atoms with van der Waals surface area (Å²) in [5.74, 6) is -0.538. The van der Waals surface area contributed by atoms with Crippen LogP contribution in [0.1, 0.15) is 5.56 Å². The highest BCUT2D eigenvalue weighted by atomic mass is 32.2. The first-order chi connectivity index (χ1) is 17.4. The molecule has 36 heavy (non-hydrogen) atoms. The number of rotatable bonds is 8.